The van der Waals surface area contributed by atoms with E-state index < -0.39 is 11.0 Å². The Morgan fingerprint density at radius 1 is 1.45 bits per heavy atom. The van der Waals surface area contributed by atoms with Crippen LogP contribution in [0.3, 0.4) is 0 Å². The molecule has 11 heavy (non-hydrogen) atoms. The summed E-state index contributed by atoms with van der Waals surface area (Å²) >= 11 is 3.66. The van der Waals surface area contributed by atoms with Crippen molar-refractivity contribution >= 4 is 27.3 Å². The van der Waals surface area contributed by atoms with Gasteiger partial charge in [-0.15, -0.1) is 11.3 Å². The van der Waals surface area contributed by atoms with Gasteiger partial charge in [0.05, 0.1) is 0 Å². The number of hydrogen-bond acceptors (Lipinski definition) is 1. The molecule has 1 atom stereocenters. The van der Waals surface area contributed by atoms with Crippen LogP contribution in [0.2, 0.25) is 0 Å². The average Bonchev–Trinajstić information content (AvgIpc) is 2.34. The van der Waals surface area contributed by atoms with Crippen LogP contribution in [0.4, 0.5) is 13.2 Å². The van der Waals surface area contributed by atoms with Crippen LogP contribution in [0.1, 0.15) is 9.70 Å². The van der Waals surface area contributed by atoms with Crippen molar-refractivity contribution in [1.29, 1.82) is 0 Å². The van der Waals surface area contributed by atoms with Crippen LogP contribution in [0.15, 0.2) is 17.5 Å². The van der Waals surface area contributed by atoms with Gasteiger partial charge in [0.25, 0.3) is 0 Å². The standard InChI is InChI=1S/C6H4BrF3S/c7-5(6(8,9)10)4-2-1-3-11-4/h1-3,5H/t5-/m1/s1. The van der Waals surface area contributed by atoms with Crippen molar-refractivity contribution in [3.05, 3.63) is 22.4 Å². The van der Waals surface area contributed by atoms with Crippen LogP contribution in [0.5, 0.6) is 0 Å². The van der Waals surface area contributed by atoms with E-state index in [1.165, 1.54) is 6.07 Å². The summed E-state index contributed by atoms with van der Waals surface area (Å²) in [4.78, 5) is -1.23. The molecule has 1 heterocycles. The van der Waals surface area contributed by atoms with Crippen molar-refractivity contribution in [2.45, 2.75) is 11.0 Å². The molecule has 1 aromatic heterocycles. The van der Waals surface area contributed by atoms with Crippen molar-refractivity contribution < 1.29 is 13.2 Å². The monoisotopic (exact) mass is 244 g/mol. The predicted molar refractivity (Wildman–Crippen MR) is 42.0 cm³/mol. The van der Waals surface area contributed by atoms with Crippen molar-refractivity contribution in [3.63, 3.8) is 0 Å². The van der Waals surface area contributed by atoms with Crippen molar-refractivity contribution in [3.8, 4) is 0 Å². The highest BCUT2D eigenvalue weighted by atomic mass is 79.9. The number of thiophene rings is 1. The summed E-state index contributed by atoms with van der Waals surface area (Å²) in [6.07, 6.45) is -4.19. The second-order valence-electron chi connectivity index (χ2n) is 1.92. The summed E-state index contributed by atoms with van der Waals surface area (Å²) < 4.78 is 35.9. The highest BCUT2D eigenvalue weighted by molar-refractivity contribution is 9.09. The lowest BCUT2D eigenvalue weighted by Crippen LogP contribution is -2.13. The molecular formula is C6H4BrF3S. The maximum Gasteiger partial charge on any atom is 0.405 e. The molecule has 0 nitrogen and oxygen atoms in total. The van der Waals surface area contributed by atoms with Crippen LogP contribution in [0, 0.1) is 0 Å². The Hall–Kier alpha value is -0.0300. The molecular weight excluding hydrogens is 241 g/mol. The molecule has 0 aliphatic heterocycles. The average molecular weight is 245 g/mol. The lowest BCUT2D eigenvalue weighted by molar-refractivity contribution is -0.127. The number of hydrogen-bond donors (Lipinski definition) is 0. The van der Waals surface area contributed by atoms with Crippen molar-refractivity contribution in [2.75, 3.05) is 0 Å². The Kier molecular flexibility index (Phi) is 2.59. The summed E-state index contributed by atoms with van der Waals surface area (Å²) in [6, 6.07) is 3.05. The summed E-state index contributed by atoms with van der Waals surface area (Å²) in [7, 11) is 0. The van der Waals surface area contributed by atoms with Crippen LogP contribution < -0.4 is 0 Å². The van der Waals surface area contributed by atoms with Gasteiger partial charge in [-0.1, -0.05) is 22.0 Å². The van der Waals surface area contributed by atoms with Gasteiger partial charge >= 0.3 is 6.18 Å². The zero-order valence-corrected chi connectivity index (χ0v) is 7.63. The molecule has 0 unspecified atom stereocenters. The number of alkyl halides is 4. The Bertz CT molecular complexity index is 216. The Balaban J connectivity index is 2.78. The van der Waals surface area contributed by atoms with Crippen LogP contribution >= 0.6 is 27.3 Å². The molecule has 1 aromatic rings. The summed E-state index contributed by atoms with van der Waals surface area (Å²) in [5.41, 5.74) is 0. The first-order valence-electron chi connectivity index (χ1n) is 2.76. The third kappa shape index (κ3) is 2.20. The zero-order valence-electron chi connectivity index (χ0n) is 5.23. The van der Waals surface area contributed by atoms with Gasteiger partial charge in [0.2, 0.25) is 0 Å². The van der Waals surface area contributed by atoms with Crippen molar-refractivity contribution in [2.24, 2.45) is 0 Å². The fraction of sp³-hybridized carbons (Fsp3) is 0.333. The van der Waals surface area contributed by atoms with Gasteiger partial charge in [-0.2, -0.15) is 13.2 Å². The van der Waals surface area contributed by atoms with Gasteiger partial charge < -0.3 is 0 Å². The molecule has 0 fully saturated rings. The van der Waals surface area contributed by atoms with Gasteiger partial charge in [0.15, 0.2) is 0 Å². The van der Waals surface area contributed by atoms with Crippen molar-refractivity contribution in [1.82, 2.24) is 0 Å². The van der Waals surface area contributed by atoms with Crippen LogP contribution in [0.25, 0.3) is 0 Å². The van der Waals surface area contributed by atoms with Gasteiger partial charge in [-0.25, -0.2) is 0 Å². The first-order valence-corrected chi connectivity index (χ1v) is 4.55. The molecule has 0 N–H and O–H groups in total. The van der Waals surface area contributed by atoms with E-state index in [-0.39, 0.29) is 4.88 Å². The summed E-state index contributed by atoms with van der Waals surface area (Å²) in [6.45, 7) is 0. The molecule has 0 radical (unpaired) electrons. The Morgan fingerprint density at radius 2 is 2.09 bits per heavy atom. The van der Waals surface area contributed by atoms with E-state index in [0.717, 1.165) is 11.3 Å². The minimum absolute atomic E-state index is 0.289. The molecule has 0 amide bonds. The van der Waals surface area contributed by atoms with Gasteiger partial charge in [-0.3, -0.25) is 0 Å². The topological polar surface area (TPSA) is 0 Å². The second-order valence-corrected chi connectivity index (χ2v) is 3.81. The maximum absolute atomic E-state index is 12.0. The molecule has 0 saturated heterocycles. The molecule has 0 spiro atoms. The lowest BCUT2D eigenvalue weighted by atomic mass is 10.3. The lowest BCUT2D eigenvalue weighted by Gasteiger charge is -2.11. The van der Waals surface area contributed by atoms with E-state index in [1.807, 2.05) is 0 Å². The van der Waals surface area contributed by atoms with Crippen LogP contribution in [-0.4, -0.2) is 6.18 Å². The Morgan fingerprint density at radius 3 is 2.45 bits per heavy atom. The zero-order chi connectivity index (χ0) is 8.48. The second kappa shape index (κ2) is 3.15. The fourth-order valence-electron chi connectivity index (χ4n) is 0.597. The first-order chi connectivity index (χ1) is 5.02. The van der Waals surface area contributed by atoms with Gasteiger partial charge in [-0.05, 0) is 11.4 Å². The summed E-state index contributed by atoms with van der Waals surface area (Å²) in [5, 5.41) is 1.62. The van der Waals surface area contributed by atoms with E-state index in [0.29, 0.717) is 0 Å². The minimum Gasteiger partial charge on any atom is -0.169 e. The molecule has 1 rings (SSSR count). The third-order valence-corrected chi connectivity index (χ3v) is 3.33. The summed E-state index contributed by atoms with van der Waals surface area (Å²) in [5.74, 6) is 0. The van der Waals surface area contributed by atoms with E-state index in [4.69, 9.17) is 0 Å². The SMILES string of the molecule is FC(F)(F)[C@H](Br)c1cccs1. The van der Waals surface area contributed by atoms with E-state index >= 15 is 0 Å². The normalized spacial score (nSPS) is 14.9. The molecule has 5 heteroatoms. The van der Waals surface area contributed by atoms with E-state index in [9.17, 15) is 13.2 Å². The minimum atomic E-state index is -4.19. The molecule has 0 bridgehead atoms. The fourth-order valence-corrected chi connectivity index (χ4v) is 1.80. The smallest absolute Gasteiger partial charge is 0.169 e. The largest absolute Gasteiger partial charge is 0.405 e. The van der Waals surface area contributed by atoms with Crippen LogP contribution in [-0.2, 0) is 0 Å². The van der Waals surface area contributed by atoms with E-state index in [2.05, 4.69) is 15.9 Å². The molecule has 0 aliphatic rings. The quantitative estimate of drug-likeness (QED) is 0.661. The Labute approximate surface area is 74.2 Å². The first kappa shape index (κ1) is 9.06. The predicted octanol–water partition coefficient (Wildman–Crippen LogP) is 3.75. The van der Waals surface area contributed by atoms with Gasteiger partial charge in [0, 0.05) is 4.88 Å². The molecule has 0 aliphatic carbocycles. The molecule has 62 valence electrons. The van der Waals surface area contributed by atoms with E-state index in [1.54, 1.807) is 11.4 Å². The third-order valence-electron chi connectivity index (χ3n) is 1.08. The number of halogens is 4. The van der Waals surface area contributed by atoms with Gasteiger partial charge in [0.1, 0.15) is 4.83 Å². The maximum atomic E-state index is 12.0. The molecule has 0 saturated carbocycles. The number of rotatable bonds is 1. The highest BCUT2D eigenvalue weighted by Crippen LogP contribution is 2.41. The highest BCUT2D eigenvalue weighted by Gasteiger charge is 2.39. The molecule has 0 aromatic carbocycles.